The van der Waals surface area contributed by atoms with Gasteiger partial charge in [-0.25, -0.2) is 0 Å². The smallest absolute Gasteiger partial charge is 0.306 e. The summed E-state index contributed by atoms with van der Waals surface area (Å²) in [6, 6.07) is 0. The van der Waals surface area contributed by atoms with E-state index in [1.807, 2.05) is 20.8 Å². The summed E-state index contributed by atoms with van der Waals surface area (Å²) in [5.41, 5.74) is 0. The molecule has 0 amide bonds. The average Bonchev–Trinajstić information content (AvgIpc) is 2.09. The van der Waals surface area contributed by atoms with Gasteiger partial charge >= 0.3 is 5.97 Å². The van der Waals surface area contributed by atoms with E-state index in [-0.39, 0.29) is 5.92 Å². The maximum Gasteiger partial charge on any atom is 0.306 e. The van der Waals surface area contributed by atoms with Crippen LogP contribution in [-0.4, -0.2) is 24.3 Å². The number of carboxylic acid groups (broad SMARTS) is 1. The van der Waals surface area contributed by atoms with Crippen molar-refractivity contribution in [3.8, 4) is 0 Å². The molecule has 1 unspecified atom stereocenters. The van der Waals surface area contributed by atoms with Gasteiger partial charge in [0.15, 0.2) is 0 Å². The van der Waals surface area contributed by atoms with Gasteiger partial charge in [-0.2, -0.15) is 0 Å². The van der Waals surface area contributed by atoms with E-state index in [0.29, 0.717) is 18.9 Å². The first-order valence-corrected chi connectivity index (χ1v) is 5.38. The summed E-state index contributed by atoms with van der Waals surface area (Å²) >= 11 is 0. The summed E-state index contributed by atoms with van der Waals surface area (Å²) in [7, 11) is 0. The van der Waals surface area contributed by atoms with E-state index in [1.165, 1.54) is 0 Å². The Hall–Kier alpha value is -0.570. The van der Waals surface area contributed by atoms with Crippen molar-refractivity contribution >= 4 is 5.97 Å². The van der Waals surface area contributed by atoms with Crippen LogP contribution in [0.2, 0.25) is 0 Å². The number of ether oxygens (including phenoxy) is 1. The largest absolute Gasteiger partial charge is 0.481 e. The number of carboxylic acids is 1. The van der Waals surface area contributed by atoms with Gasteiger partial charge < -0.3 is 9.84 Å². The minimum atomic E-state index is -0.696. The Morgan fingerprint density at radius 1 is 1.36 bits per heavy atom. The van der Waals surface area contributed by atoms with Gasteiger partial charge in [-0.15, -0.1) is 0 Å². The third kappa shape index (κ3) is 6.89. The number of hydrogen-bond donors (Lipinski definition) is 1. The van der Waals surface area contributed by atoms with Gasteiger partial charge in [0.1, 0.15) is 0 Å². The lowest BCUT2D eigenvalue weighted by Gasteiger charge is -2.14. The fourth-order valence-electron chi connectivity index (χ4n) is 1.38. The molecule has 3 nitrogen and oxygen atoms in total. The second-order valence-electron chi connectivity index (χ2n) is 4.07. The van der Waals surface area contributed by atoms with Crippen molar-refractivity contribution in [3.63, 3.8) is 0 Å². The topological polar surface area (TPSA) is 46.5 Å². The van der Waals surface area contributed by atoms with E-state index >= 15 is 0 Å². The molecule has 0 spiro atoms. The number of carbonyl (C=O) groups is 1. The Morgan fingerprint density at radius 3 is 2.43 bits per heavy atom. The van der Waals surface area contributed by atoms with Gasteiger partial charge in [0, 0.05) is 13.2 Å². The number of rotatable bonds is 8. The van der Waals surface area contributed by atoms with Crippen LogP contribution in [0.5, 0.6) is 0 Å². The predicted molar refractivity (Wildman–Crippen MR) is 56.3 cm³/mol. The van der Waals surface area contributed by atoms with Crippen LogP contribution in [0.25, 0.3) is 0 Å². The third-order valence-electron chi connectivity index (χ3n) is 2.06. The van der Waals surface area contributed by atoms with Crippen LogP contribution < -0.4 is 0 Å². The highest BCUT2D eigenvalue weighted by atomic mass is 16.5. The van der Waals surface area contributed by atoms with Crippen LogP contribution in [0, 0.1) is 11.8 Å². The first-order chi connectivity index (χ1) is 6.57. The summed E-state index contributed by atoms with van der Waals surface area (Å²) < 4.78 is 5.28. The van der Waals surface area contributed by atoms with Gasteiger partial charge in [-0.05, 0) is 25.2 Å². The molecule has 0 rings (SSSR count). The number of aliphatic carboxylic acids is 1. The molecule has 0 fully saturated rings. The first kappa shape index (κ1) is 13.4. The SMILES string of the molecule is CCCOCCC(CC(C)C)C(=O)O. The summed E-state index contributed by atoms with van der Waals surface area (Å²) in [5.74, 6) is -0.507. The lowest BCUT2D eigenvalue weighted by molar-refractivity contribution is -0.143. The van der Waals surface area contributed by atoms with Crippen LogP contribution >= 0.6 is 0 Å². The van der Waals surface area contributed by atoms with Crippen LogP contribution in [0.15, 0.2) is 0 Å². The van der Waals surface area contributed by atoms with Crippen LogP contribution in [0.4, 0.5) is 0 Å². The van der Waals surface area contributed by atoms with Gasteiger partial charge in [0.2, 0.25) is 0 Å². The summed E-state index contributed by atoms with van der Waals surface area (Å²) in [5, 5.41) is 8.92. The molecule has 0 saturated carbocycles. The minimum absolute atomic E-state index is 0.244. The molecule has 0 aliphatic rings. The lowest BCUT2D eigenvalue weighted by Crippen LogP contribution is -2.18. The van der Waals surface area contributed by atoms with Gasteiger partial charge in [-0.1, -0.05) is 20.8 Å². The zero-order valence-electron chi connectivity index (χ0n) is 9.45. The van der Waals surface area contributed by atoms with Crippen molar-refractivity contribution < 1.29 is 14.6 Å². The Labute approximate surface area is 86.5 Å². The van der Waals surface area contributed by atoms with Crippen molar-refractivity contribution in [2.75, 3.05) is 13.2 Å². The quantitative estimate of drug-likeness (QED) is 0.615. The Morgan fingerprint density at radius 2 is 2.00 bits per heavy atom. The molecule has 0 aliphatic heterocycles. The standard InChI is InChI=1S/C11H22O3/c1-4-6-14-7-5-10(11(12)13)8-9(2)3/h9-10H,4-8H2,1-3H3,(H,12,13). The van der Waals surface area contributed by atoms with Crippen molar-refractivity contribution in [2.24, 2.45) is 11.8 Å². The molecule has 0 aromatic rings. The molecule has 0 saturated heterocycles. The molecule has 14 heavy (non-hydrogen) atoms. The zero-order valence-corrected chi connectivity index (χ0v) is 9.45. The summed E-state index contributed by atoms with van der Waals surface area (Å²) in [6.07, 6.45) is 2.36. The Balaban J connectivity index is 3.68. The van der Waals surface area contributed by atoms with E-state index in [1.54, 1.807) is 0 Å². The molecule has 0 aliphatic carbocycles. The van der Waals surface area contributed by atoms with E-state index in [9.17, 15) is 4.79 Å². The lowest BCUT2D eigenvalue weighted by atomic mass is 9.95. The molecule has 0 heterocycles. The Kier molecular flexibility index (Phi) is 7.48. The molecule has 0 radical (unpaired) electrons. The summed E-state index contributed by atoms with van der Waals surface area (Å²) in [6.45, 7) is 7.43. The highest BCUT2D eigenvalue weighted by Gasteiger charge is 2.18. The van der Waals surface area contributed by atoms with Crippen LogP contribution in [-0.2, 0) is 9.53 Å². The van der Waals surface area contributed by atoms with E-state index in [2.05, 4.69) is 0 Å². The minimum Gasteiger partial charge on any atom is -0.481 e. The molecule has 1 atom stereocenters. The maximum atomic E-state index is 10.8. The fourth-order valence-corrected chi connectivity index (χ4v) is 1.38. The molecule has 1 N–H and O–H groups in total. The van der Waals surface area contributed by atoms with Gasteiger partial charge in [0.05, 0.1) is 5.92 Å². The average molecular weight is 202 g/mol. The second kappa shape index (κ2) is 7.80. The molecule has 0 bridgehead atoms. The molecule has 84 valence electrons. The first-order valence-electron chi connectivity index (χ1n) is 5.38. The Bertz CT molecular complexity index is 155. The normalized spacial score (nSPS) is 13.1. The number of hydrogen-bond acceptors (Lipinski definition) is 2. The predicted octanol–water partition coefficient (Wildman–Crippen LogP) is 2.55. The van der Waals surface area contributed by atoms with Crippen molar-refractivity contribution in [2.45, 2.75) is 40.0 Å². The second-order valence-corrected chi connectivity index (χ2v) is 4.07. The molecular formula is C11H22O3. The van der Waals surface area contributed by atoms with E-state index in [0.717, 1.165) is 19.4 Å². The third-order valence-corrected chi connectivity index (χ3v) is 2.06. The molecule has 0 aromatic carbocycles. The molecular weight excluding hydrogens is 180 g/mol. The van der Waals surface area contributed by atoms with Crippen LogP contribution in [0.1, 0.15) is 40.0 Å². The molecule has 0 aromatic heterocycles. The maximum absolute atomic E-state index is 10.8. The highest BCUT2D eigenvalue weighted by Crippen LogP contribution is 2.15. The van der Waals surface area contributed by atoms with Crippen molar-refractivity contribution in [3.05, 3.63) is 0 Å². The van der Waals surface area contributed by atoms with E-state index in [4.69, 9.17) is 9.84 Å². The van der Waals surface area contributed by atoms with Crippen molar-refractivity contribution in [1.82, 2.24) is 0 Å². The molecule has 3 heteroatoms. The highest BCUT2D eigenvalue weighted by molar-refractivity contribution is 5.69. The monoisotopic (exact) mass is 202 g/mol. The van der Waals surface area contributed by atoms with Crippen molar-refractivity contribution in [1.29, 1.82) is 0 Å². The van der Waals surface area contributed by atoms with Gasteiger partial charge in [0.25, 0.3) is 0 Å². The van der Waals surface area contributed by atoms with E-state index < -0.39 is 5.97 Å². The fraction of sp³-hybridized carbons (Fsp3) is 0.909. The van der Waals surface area contributed by atoms with Crippen LogP contribution in [0.3, 0.4) is 0 Å². The summed E-state index contributed by atoms with van der Waals surface area (Å²) in [4.78, 5) is 10.8. The zero-order chi connectivity index (χ0) is 11.0. The van der Waals surface area contributed by atoms with Gasteiger partial charge in [-0.3, -0.25) is 4.79 Å².